The molecule has 9 aromatic carbocycles. The molecule has 2 nitrogen and oxygen atoms in total. The van der Waals surface area contributed by atoms with Crippen molar-refractivity contribution >= 4 is 70.5 Å². The van der Waals surface area contributed by atoms with E-state index < -0.39 is 0 Å². The molecule has 2 aromatic heterocycles. The van der Waals surface area contributed by atoms with E-state index in [1.54, 1.807) is 0 Å². The fourth-order valence-corrected chi connectivity index (χ4v) is 9.46. The summed E-state index contributed by atoms with van der Waals surface area (Å²) in [5.41, 5.74) is 14.4. The lowest BCUT2D eigenvalue weighted by Gasteiger charge is -2.28. The zero-order chi connectivity index (χ0) is 37.7. The van der Waals surface area contributed by atoms with Crippen LogP contribution < -0.4 is 4.90 Å². The summed E-state index contributed by atoms with van der Waals surface area (Å²) in [7, 11) is 0. The van der Waals surface area contributed by atoms with Crippen LogP contribution in [-0.4, -0.2) is 0 Å². The van der Waals surface area contributed by atoms with Crippen LogP contribution in [0.15, 0.2) is 217 Å². The van der Waals surface area contributed by atoms with Crippen molar-refractivity contribution in [3.05, 3.63) is 212 Å². The van der Waals surface area contributed by atoms with Gasteiger partial charge in [-0.05, 0) is 99.6 Å². The second-order valence-corrected chi connectivity index (χ2v) is 15.6. The van der Waals surface area contributed by atoms with E-state index in [0.29, 0.717) is 0 Å². The third-order valence-electron chi connectivity index (χ3n) is 11.1. The first-order valence-electron chi connectivity index (χ1n) is 19.3. The van der Waals surface area contributed by atoms with Crippen LogP contribution in [0.3, 0.4) is 0 Å². The monoisotopic (exact) mass is 745 g/mol. The molecule has 0 saturated carbocycles. The highest BCUT2D eigenvalue weighted by molar-refractivity contribution is 7.26. The minimum Gasteiger partial charge on any atom is -0.455 e. The van der Waals surface area contributed by atoms with Crippen LogP contribution in [-0.2, 0) is 0 Å². The first-order valence-corrected chi connectivity index (χ1v) is 20.1. The largest absolute Gasteiger partial charge is 0.455 e. The maximum atomic E-state index is 6.51. The molecule has 0 N–H and O–H groups in total. The number of hydrogen-bond acceptors (Lipinski definition) is 3. The van der Waals surface area contributed by atoms with Crippen LogP contribution in [0.25, 0.3) is 86.6 Å². The van der Waals surface area contributed by atoms with Gasteiger partial charge in [0, 0.05) is 47.9 Å². The molecule has 0 spiro atoms. The highest BCUT2D eigenvalue weighted by Crippen LogP contribution is 2.47. The number of benzene rings is 9. The number of fused-ring (bicyclic) bond motifs is 6. The maximum absolute atomic E-state index is 6.51. The van der Waals surface area contributed by atoms with Gasteiger partial charge in [-0.1, -0.05) is 152 Å². The van der Waals surface area contributed by atoms with Crippen molar-refractivity contribution in [3.8, 4) is 44.5 Å². The van der Waals surface area contributed by atoms with E-state index in [0.717, 1.165) is 61.3 Å². The van der Waals surface area contributed by atoms with Gasteiger partial charge in [-0.2, -0.15) is 0 Å². The van der Waals surface area contributed by atoms with E-state index in [2.05, 4.69) is 211 Å². The van der Waals surface area contributed by atoms with Gasteiger partial charge in [-0.25, -0.2) is 0 Å². The number of furan rings is 1. The molecule has 0 radical (unpaired) electrons. The first-order chi connectivity index (χ1) is 28.2. The SMILES string of the molecule is c1ccc(-c2cc(-c3ccccc3)cc(N(c3ccc(-c4ccc5oc6c(-c7ccccc7)cccc6c5c4)cc3)c3cccc4sc5ccccc5c34)c2)cc1. The number of anilines is 3. The predicted octanol–water partition coefficient (Wildman–Crippen LogP) is 16.1. The normalized spacial score (nSPS) is 11.5. The quantitative estimate of drug-likeness (QED) is 0.162. The fraction of sp³-hybridized carbons (Fsp3) is 0. The van der Waals surface area contributed by atoms with Gasteiger partial charge in [0.25, 0.3) is 0 Å². The smallest absolute Gasteiger partial charge is 0.143 e. The van der Waals surface area contributed by atoms with Crippen molar-refractivity contribution in [3.63, 3.8) is 0 Å². The summed E-state index contributed by atoms with van der Waals surface area (Å²) in [5.74, 6) is 0. The van der Waals surface area contributed by atoms with Gasteiger partial charge in [0.2, 0.25) is 0 Å². The van der Waals surface area contributed by atoms with Crippen molar-refractivity contribution in [2.24, 2.45) is 0 Å². The summed E-state index contributed by atoms with van der Waals surface area (Å²) in [4.78, 5) is 2.45. The van der Waals surface area contributed by atoms with Crippen molar-refractivity contribution in [2.75, 3.05) is 4.90 Å². The zero-order valence-electron chi connectivity index (χ0n) is 31.0. The summed E-state index contributed by atoms with van der Waals surface area (Å²) < 4.78 is 9.07. The molecule has 57 heavy (non-hydrogen) atoms. The van der Waals surface area contributed by atoms with Crippen LogP contribution in [0.5, 0.6) is 0 Å². The Hall–Kier alpha value is -7.20. The van der Waals surface area contributed by atoms with Gasteiger partial charge in [-0.15, -0.1) is 11.3 Å². The molecule has 0 aliphatic heterocycles. The van der Waals surface area contributed by atoms with Crippen molar-refractivity contribution in [1.29, 1.82) is 0 Å². The average molecular weight is 746 g/mol. The summed E-state index contributed by atoms with van der Waals surface area (Å²) >= 11 is 1.85. The molecule has 0 unspecified atom stereocenters. The van der Waals surface area contributed by atoms with Gasteiger partial charge in [0.05, 0.1) is 5.69 Å². The zero-order valence-corrected chi connectivity index (χ0v) is 31.8. The Bertz CT molecular complexity index is 3160. The van der Waals surface area contributed by atoms with E-state index >= 15 is 0 Å². The number of para-hydroxylation sites is 1. The molecule has 268 valence electrons. The standard InChI is InChI=1S/C54H35NOS/c1-4-14-36(15-5-1)41-32-42(37-16-6-2-7-17-37)34-44(33-41)55(49-23-13-25-52-53(49)47-20-10-11-24-51(47)57-52)43-29-26-38(27-30-43)40-28-31-50-48(35-40)46-22-12-21-45(54(46)56-50)39-18-8-3-9-19-39/h1-35H. The first kappa shape index (κ1) is 33.2. The van der Waals surface area contributed by atoms with Crippen molar-refractivity contribution in [1.82, 2.24) is 0 Å². The molecule has 0 fully saturated rings. The van der Waals surface area contributed by atoms with Crippen LogP contribution in [0.1, 0.15) is 0 Å². The second kappa shape index (κ2) is 13.8. The second-order valence-electron chi connectivity index (χ2n) is 14.5. The molecule has 0 aliphatic carbocycles. The predicted molar refractivity (Wildman–Crippen MR) is 243 cm³/mol. The molecule has 0 amide bonds. The topological polar surface area (TPSA) is 16.4 Å². The number of hydrogen-bond donors (Lipinski definition) is 0. The van der Waals surface area contributed by atoms with E-state index in [9.17, 15) is 0 Å². The van der Waals surface area contributed by atoms with Crippen molar-refractivity contribution in [2.45, 2.75) is 0 Å². The summed E-state index contributed by atoms with van der Waals surface area (Å²) in [6.07, 6.45) is 0. The van der Waals surface area contributed by atoms with Gasteiger partial charge in [-0.3, -0.25) is 0 Å². The Morgan fingerprint density at radius 1 is 0.351 bits per heavy atom. The molecular formula is C54H35NOS. The number of thiophene rings is 1. The van der Waals surface area contributed by atoms with Gasteiger partial charge in [0.15, 0.2) is 0 Å². The van der Waals surface area contributed by atoms with Crippen LogP contribution >= 0.6 is 11.3 Å². The average Bonchev–Trinajstić information content (AvgIpc) is 3.86. The van der Waals surface area contributed by atoms with Crippen LogP contribution in [0.2, 0.25) is 0 Å². The Labute approximate surface area is 335 Å². The Morgan fingerprint density at radius 3 is 1.65 bits per heavy atom. The summed E-state index contributed by atoms with van der Waals surface area (Å²) in [5, 5.41) is 4.78. The Kier molecular flexibility index (Phi) is 8.04. The number of nitrogens with zero attached hydrogens (tertiary/aromatic N) is 1. The van der Waals surface area contributed by atoms with Gasteiger partial charge >= 0.3 is 0 Å². The molecule has 0 saturated heterocycles. The van der Waals surface area contributed by atoms with Crippen LogP contribution in [0, 0.1) is 0 Å². The lowest BCUT2D eigenvalue weighted by atomic mass is 9.96. The minimum atomic E-state index is 0.892. The van der Waals surface area contributed by atoms with E-state index in [-0.39, 0.29) is 0 Å². The highest BCUT2D eigenvalue weighted by Gasteiger charge is 2.21. The third-order valence-corrected chi connectivity index (χ3v) is 12.2. The lowest BCUT2D eigenvalue weighted by molar-refractivity contribution is 0.670. The Balaban J connectivity index is 1.08. The van der Waals surface area contributed by atoms with E-state index in [1.165, 1.54) is 42.4 Å². The fourth-order valence-electron chi connectivity index (χ4n) is 8.33. The van der Waals surface area contributed by atoms with E-state index in [1.807, 2.05) is 17.4 Å². The van der Waals surface area contributed by atoms with E-state index in [4.69, 9.17) is 4.42 Å². The molecule has 11 aromatic rings. The maximum Gasteiger partial charge on any atom is 0.143 e. The Morgan fingerprint density at radius 2 is 0.930 bits per heavy atom. The van der Waals surface area contributed by atoms with Gasteiger partial charge in [0.1, 0.15) is 11.2 Å². The summed E-state index contributed by atoms with van der Waals surface area (Å²) in [6.45, 7) is 0. The highest BCUT2D eigenvalue weighted by atomic mass is 32.1. The third kappa shape index (κ3) is 5.88. The molecule has 11 rings (SSSR count). The van der Waals surface area contributed by atoms with Crippen LogP contribution in [0.4, 0.5) is 17.1 Å². The van der Waals surface area contributed by atoms with Gasteiger partial charge < -0.3 is 9.32 Å². The van der Waals surface area contributed by atoms with Crippen molar-refractivity contribution < 1.29 is 4.42 Å². The molecule has 3 heteroatoms. The molecule has 2 heterocycles. The molecule has 0 aliphatic rings. The minimum absolute atomic E-state index is 0.892. The molecular weight excluding hydrogens is 711 g/mol. The summed E-state index contributed by atoms with van der Waals surface area (Å²) in [6, 6.07) is 76.4. The molecule has 0 atom stereocenters. The molecule has 0 bridgehead atoms. The number of rotatable bonds is 7. The lowest BCUT2D eigenvalue weighted by Crippen LogP contribution is -2.10.